The zero-order valence-corrected chi connectivity index (χ0v) is 24.9. The normalized spacial score (nSPS) is 11.9. The average molecular weight is 586 g/mol. The number of rotatable bonds is 4. The minimum absolute atomic E-state index is 0.981. The van der Waals surface area contributed by atoms with Crippen LogP contribution in [-0.4, -0.2) is 14.0 Å². The highest BCUT2D eigenvalue weighted by molar-refractivity contribution is 6.15. The molecule has 46 heavy (non-hydrogen) atoms. The molecule has 0 fully saturated rings. The standard InChI is InChI=1S/C43H27N3/c1-2-11-28(12-3-1)42-43-37-27-32(23-24-36(37)40-21-10-22-41(44-42)46(40)43)30-14-8-13-29(25-30)31-15-9-16-33(26-31)45-38-19-6-4-17-34(38)35-18-5-7-20-39(35)45/h1-27H. The van der Waals surface area contributed by atoms with E-state index in [-0.39, 0.29) is 0 Å². The maximum Gasteiger partial charge on any atom is 0.138 e. The van der Waals surface area contributed by atoms with E-state index < -0.39 is 0 Å². The van der Waals surface area contributed by atoms with E-state index in [9.17, 15) is 0 Å². The molecule has 3 nitrogen and oxygen atoms in total. The van der Waals surface area contributed by atoms with Crippen molar-refractivity contribution in [3.63, 3.8) is 0 Å². The van der Waals surface area contributed by atoms with Gasteiger partial charge >= 0.3 is 0 Å². The fraction of sp³-hybridized carbons (Fsp3) is 0. The molecular formula is C43H27N3. The van der Waals surface area contributed by atoms with Gasteiger partial charge in [-0.15, -0.1) is 0 Å². The SMILES string of the molecule is c1ccc(-c2nc3cccc4c5ccc(-c6cccc(-c7cccc(-n8c9ccccc9c9ccccc98)c7)c6)cc5c2n34)cc1. The van der Waals surface area contributed by atoms with Crippen molar-refractivity contribution in [1.29, 1.82) is 0 Å². The molecule has 0 saturated heterocycles. The van der Waals surface area contributed by atoms with Crippen molar-refractivity contribution in [3.8, 4) is 39.2 Å². The maximum atomic E-state index is 5.08. The van der Waals surface area contributed by atoms with Gasteiger partial charge in [-0.2, -0.15) is 0 Å². The van der Waals surface area contributed by atoms with E-state index in [1.165, 1.54) is 65.9 Å². The van der Waals surface area contributed by atoms with Gasteiger partial charge in [0, 0.05) is 32.8 Å². The minimum Gasteiger partial charge on any atom is -0.309 e. The number of fused-ring (bicyclic) bond motifs is 6. The van der Waals surface area contributed by atoms with Crippen molar-refractivity contribution in [3.05, 3.63) is 164 Å². The summed E-state index contributed by atoms with van der Waals surface area (Å²) in [5.74, 6) is 0. The smallest absolute Gasteiger partial charge is 0.138 e. The number of hydrogen-bond donors (Lipinski definition) is 0. The molecular weight excluding hydrogens is 558 g/mol. The second-order valence-electron chi connectivity index (χ2n) is 12.0. The molecule has 0 aliphatic carbocycles. The molecule has 0 bridgehead atoms. The summed E-state index contributed by atoms with van der Waals surface area (Å²) in [4.78, 5) is 5.08. The van der Waals surface area contributed by atoms with Crippen LogP contribution in [0.3, 0.4) is 0 Å². The van der Waals surface area contributed by atoms with Crippen molar-refractivity contribution in [2.45, 2.75) is 0 Å². The van der Waals surface area contributed by atoms with Gasteiger partial charge in [0.05, 0.1) is 27.8 Å². The van der Waals surface area contributed by atoms with Gasteiger partial charge in [0.15, 0.2) is 0 Å². The van der Waals surface area contributed by atoms with Crippen LogP contribution >= 0.6 is 0 Å². The van der Waals surface area contributed by atoms with Crippen LogP contribution in [-0.2, 0) is 0 Å². The molecule has 0 spiro atoms. The third kappa shape index (κ3) is 3.63. The molecule has 0 saturated carbocycles. The fourth-order valence-electron chi connectivity index (χ4n) is 7.40. The van der Waals surface area contributed by atoms with Crippen LogP contribution in [0.25, 0.3) is 88.5 Å². The van der Waals surface area contributed by atoms with Gasteiger partial charge in [-0.25, -0.2) is 4.98 Å². The second-order valence-corrected chi connectivity index (χ2v) is 12.0. The number of pyridine rings is 1. The lowest BCUT2D eigenvalue weighted by atomic mass is 9.97. The van der Waals surface area contributed by atoms with Gasteiger partial charge in [-0.3, -0.25) is 4.40 Å². The Balaban J connectivity index is 1.12. The summed E-state index contributed by atoms with van der Waals surface area (Å²) >= 11 is 0. The summed E-state index contributed by atoms with van der Waals surface area (Å²) in [6.45, 7) is 0. The van der Waals surface area contributed by atoms with Crippen LogP contribution in [0.1, 0.15) is 0 Å². The van der Waals surface area contributed by atoms with Crippen molar-refractivity contribution < 1.29 is 0 Å². The second kappa shape index (κ2) is 9.65. The molecule has 0 unspecified atom stereocenters. The molecule has 214 valence electrons. The lowest BCUT2D eigenvalue weighted by molar-refractivity contribution is 1.18. The first-order valence-electron chi connectivity index (χ1n) is 15.7. The van der Waals surface area contributed by atoms with Crippen LogP contribution in [0.2, 0.25) is 0 Å². The van der Waals surface area contributed by atoms with Crippen LogP contribution < -0.4 is 0 Å². The molecule has 0 radical (unpaired) electrons. The molecule has 10 aromatic rings. The van der Waals surface area contributed by atoms with Crippen LogP contribution in [0.5, 0.6) is 0 Å². The molecule has 0 aliphatic heterocycles. The molecule has 0 aliphatic rings. The van der Waals surface area contributed by atoms with Gasteiger partial charge in [-0.1, -0.05) is 115 Å². The summed E-state index contributed by atoms with van der Waals surface area (Å²) in [6, 6.07) is 59.0. The van der Waals surface area contributed by atoms with Gasteiger partial charge in [0.2, 0.25) is 0 Å². The van der Waals surface area contributed by atoms with E-state index >= 15 is 0 Å². The summed E-state index contributed by atoms with van der Waals surface area (Å²) in [6.07, 6.45) is 0. The van der Waals surface area contributed by atoms with Gasteiger partial charge in [-0.05, 0) is 70.8 Å². The first-order valence-corrected chi connectivity index (χ1v) is 15.7. The van der Waals surface area contributed by atoms with Crippen molar-refractivity contribution in [1.82, 2.24) is 14.0 Å². The topological polar surface area (TPSA) is 22.2 Å². The third-order valence-electron chi connectivity index (χ3n) is 9.46. The average Bonchev–Trinajstić information content (AvgIpc) is 3.79. The molecule has 0 amide bonds. The Morgan fingerprint density at radius 2 is 0.935 bits per heavy atom. The summed E-state index contributed by atoms with van der Waals surface area (Å²) in [5, 5.41) is 5.02. The zero-order valence-electron chi connectivity index (χ0n) is 24.9. The van der Waals surface area contributed by atoms with E-state index in [0.717, 1.165) is 22.6 Å². The lowest BCUT2D eigenvalue weighted by Gasteiger charge is -2.11. The lowest BCUT2D eigenvalue weighted by Crippen LogP contribution is -1.94. The predicted octanol–water partition coefficient (Wildman–Crippen LogP) is 11.2. The number of para-hydroxylation sites is 2. The van der Waals surface area contributed by atoms with Crippen LogP contribution in [0.4, 0.5) is 0 Å². The molecule has 4 aromatic heterocycles. The fourth-order valence-corrected chi connectivity index (χ4v) is 7.40. The highest BCUT2D eigenvalue weighted by atomic mass is 15.0. The van der Waals surface area contributed by atoms with Gasteiger partial charge in [0.1, 0.15) is 5.65 Å². The molecule has 0 N–H and O–H groups in total. The Kier molecular flexibility index (Phi) is 5.28. The summed E-state index contributed by atoms with van der Waals surface area (Å²) < 4.78 is 4.69. The zero-order chi connectivity index (χ0) is 30.2. The van der Waals surface area contributed by atoms with Crippen LogP contribution in [0.15, 0.2) is 164 Å². The molecule has 6 aromatic carbocycles. The molecule has 10 rings (SSSR count). The Bertz CT molecular complexity index is 2690. The number of benzene rings is 6. The van der Waals surface area contributed by atoms with Crippen molar-refractivity contribution in [2.75, 3.05) is 0 Å². The third-order valence-corrected chi connectivity index (χ3v) is 9.46. The Labute approximate surface area is 265 Å². The first-order chi connectivity index (χ1) is 22.8. The Morgan fingerprint density at radius 3 is 1.70 bits per heavy atom. The molecule has 0 atom stereocenters. The highest BCUT2D eigenvalue weighted by Crippen LogP contribution is 2.40. The quantitative estimate of drug-likeness (QED) is 0.201. The Hall–Kier alpha value is -6.19. The molecule has 3 heteroatoms. The minimum atomic E-state index is 0.981. The van der Waals surface area contributed by atoms with Gasteiger partial charge < -0.3 is 4.57 Å². The largest absolute Gasteiger partial charge is 0.309 e. The van der Waals surface area contributed by atoms with Crippen molar-refractivity contribution >= 4 is 49.3 Å². The van der Waals surface area contributed by atoms with E-state index in [2.05, 4.69) is 173 Å². The first kappa shape index (κ1) is 25.2. The van der Waals surface area contributed by atoms with E-state index in [1.54, 1.807) is 0 Å². The van der Waals surface area contributed by atoms with E-state index in [0.29, 0.717) is 0 Å². The van der Waals surface area contributed by atoms with E-state index in [4.69, 9.17) is 4.98 Å². The summed E-state index contributed by atoms with van der Waals surface area (Å²) in [5.41, 5.74) is 13.9. The number of aromatic nitrogens is 3. The highest BCUT2D eigenvalue weighted by Gasteiger charge is 2.19. The van der Waals surface area contributed by atoms with E-state index in [1.807, 2.05) is 0 Å². The number of nitrogens with zero attached hydrogens (tertiary/aromatic N) is 3. The Morgan fingerprint density at radius 1 is 0.370 bits per heavy atom. The number of imidazole rings is 1. The monoisotopic (exact) mass is 585 g/mol. The maximum absolute atomic E-state index is 5.08. The van der Waals surface area contributed by atoms with Crippen molar-refractivity contribution in [2.24, 2.45) is 0 Å². The van der Waals surface area contributed by atoms with Gasteiger partial charge in [0.25, 0.3) is 0 Å². The molecule has 4 heterocycles. The number of hydrogen-bond acceptors (Lipinski definition) is 1. The predicted molar refractivity (Wildman–Crippen MR) is 192 cm³/mol. The van der Waals surface area contributed by atoms with Crippen LogP contribution in [0, 0.1) is 0 Å². The summed E-state index contributed by atoms with van der Waals surface area (Å²) in [7, 11) is 0.